The number of carbonyl (C=O) groups is 1. The Balaban J connectivity index is 1.79. The number of hydrogen-bond donors (Lipinski definition) is 1. The van der Waals surface area contributed by atoms with Gasteiger partial charge in [-0.1, -0.05) is 12.1 Å². The number of urea groups is 1. The number of carbonyl (C=O) groups excluding carboxylic acids is 1. The van der Waals surface area contributed by atoms with Crippen LogP contribution in [-0.2, 0) is 13.2 Å². The Hall–Kier alpha value is -3.56. The lowest BCUT2D eigenvalue weighted by atomic mass is 10.1. The highest BCUT2D eigenvalue weighted by atomic mass is 19.4. The second-order valence-corrected chi connectivity index (χ2v) is 8.44. The van der Waals surface area contributed by atoms with E-state index in [2.05, 4.69) is 15.3 Å². The summed E-state index contributed by atoms with van der Waals surface area (Å²) >= 11 is 0. The number of alkyl halides is 3. The second-order valence-electron chi connectivity index (χ2n) is 8.44. The Morgan fingerprint density at radius 2 is 2.00 bits per heavy atom. The lowest BCUT2D eigenvalue weighted by molar-refractivity contribution is -0.137. The number of rotatable bonds is 3. The third kappa shape index (κ3) is 4.57. The standard InChI is InChI=1S/C24H27F3N6O/c1-5-32-12-11-15(2)33(23(34)29-20-14-31(4)30-16(20)3)22-21(32)10-9-19(28-22)17-7-6-8-18(13-17)24(25,26)27/h6-10,13-15H,5,11-12H2,1-4H3,(H,29,34)/t15-/m1/s1. The fourth-order valence-corrected chi connectivity index (χ4v) is 4.20. The monoisotopic (exact) mass is 472 g/mol. The Morgan fingerprint density at radius 3 is 2.65 bits per heavy atom. The van der Waals surface area contributed by atoms with Crippen LogP contribution >= 0.6 is 0 Å². The van der Waals surface area contributed by atoms with Gasteiger partial charge in [-0.2, -0.15) is 18.3 Å². The summed E-state index contributed by atoms with van der Waals surface area (Å²) in [5.74, 6) is 0.417. The van der Waals surface area contributed by atoms with Crippen LogP contribution in [0.5, 0.6) is 0 Å². The van der Waals surface area contributed by atoms with Crippen LogP contribution in [0.3, 0.4) is 0 Å². The first-order valence-electron chi connectivity index (χ1n) is 11.1. The Bertz CT molecular complexity index is 1210. The van der Waals surface area contributed by atoms with Crippen molar-refractivity contribution >= 4 is 23.2 Å². The molecule has 1 atom stereocenters. The fraction of sp³-hybridized carbons (Fsp3) is 0.375. The van der Waals surface area contributed by atoms with Gasteiger partial charge in [-0.05, 0) is 51.5 Å². The molecule has 0 radical (unpaired) electrons. The molecule has 180 valence electrons. The minimum atomic E-state index is -4.46. The lowest BCUT2D eigenvalue weighted by Gasteiger charge is -2.28. The summed E-state index contributed by atoms with van der Waals surface area (Å²) in [7, 11) is 1.77. The van der Waals surface area contributed by atoms with Crippen molar-refractivity contribution in [1.29, 1.82) is 0 Å². The normalized spacial score (nSPS) is 16.3. The third-order valence-corrected chi connectivity index (χ3v) is 6.02. The lowest BCUT2D eigenvalue weighted by Crippen LogP contribution is -2.42. The molecular formula is C24H27F3N6O. The average Bonchev–Trinajstić information content (AvgIpc) is 3.02. The molecule has 7 nitrogen and oxygen atoms in total. The average molecular weight is 473 g/mol. The quantitative estimate of drug-likeness (QED) is 0.549. The van der Waals surface area contributed by atoms with Gasteiger partial charge in [0.25, 0.3) is 0 Å². The van der Waals surface area contributed by atoms with E-state index in [4.69, 9.17) is 4.98 Å². The zero-order valence-electron chi connectivity index (χ0n) is 19.5. The molecule has 0 spiro atoms. The van der Waals surface area contributed by atoms with Gasteiger partial charge >= 0.3 is 12.2 Å². The maximum atomic E-state index is 13.5. The predicted octanol–water partition coefficient (Wildman–Crippen LogP) is 5.47. The first-order chi connectivity index (χ1) is 16.1. The SMILES string of the molecule is CCN1CC[C@@H](C)N(C(=O)Nc2cn(C)nc2C)c2nc(-c3cccc(C(F)(F)F)c3)ccc21. The molecule has 1 aliphatic heterocycles. The van der Waals surface area contributed by atoms with Gasteiger partial charge in [0.15, 0.2) is 5.82 Å². The van der Waals surface area contributed by atoms with Gasteiger partial charge in [0.05, 0.1) is 28.3 Å². The second kappa shape index (κ2) is 9.00. The molecule has 10 heteroatoms. The van der Waals surface area contributed by atoms with Gasteiger partial charge in [-0.25, -0.2) is 9.78 Å². The molecule has 0 aliphatic carbocycles. The van der Waals surface area contributed by atoms with E-state index in [0.717, 1.165) is 24.4 Å². The third-order valence-electron chi connectivity index (χ3n) is 6.02. The van der Waals surface area contributed by atoms with Crippen LogP contribution in [0.25, 0.3) is 11.3 Å². The summed E-state index contributed by atoms with van der Waals surface area (Å²) in [5.41, 5.74) is 1.99. The van der Waals surface area contributed by atoms with E-state index in [1.165, 1.54) is 6.07 Å². The predicted molar refractivity (Wildman–Crippen MR) is 126 cm³/mol. The van der Waals surface area contributed by atoms with Gasteiger partial charge in [0.2, 0.25) is 0 Å². The van der Waals surface area contributed by atoms with Crippen molar-refractivity contribution in [3.05, 3.63) is 53.9 Å². The summed E-state index contributed by atoms with van der Waals surface area (Å²) in [5, 5.41) is 7.18. The van der Waals surface area contributed by atoms with Crippen molar-refractivity contribution in [1.82, 2.24) is 14.8 Å². The number of aromatic nitrogens is 3. The minimum Gasteiger partial charge on any atom is -0.369 e. The highest BCUT2D eigenvalue weighted by molar-refractivity contribution is 6.04. The maximum absolute atomic E-state index is 13.5. The summed E-state index contributed by atoms with van der Waals surface area (Å²) in [6, 6.07) is 8.05. The molecule has 1 aromatic carbocycles. The molecule has 0 saturated heterocycles. The number of halogens is 3. The molecule has 3 aromatic rings. The number of amides is 2. The van der Waals surface area contributed by atoms with Crippen LogP contribution in [0, 0.1) is 6.92 Å². The Morgan fingerprint density at radius 1 is 1.24 bits per heavy atom. The largest absolute Gasteiger partial charge is 0.416 e. The van der Waals surface area contributed by atoms with E-state index >= 15 is 0 Å². The van der Waals surface area contributed by atoms with Crippen LogP contribution < -0.4 is 15.1 Å². The highest BCUT2D eigenvalue weighted by Crippen LogP contribution is 2.37. The maximum Gasteiger partial charge on any atom is 0.416 e. The molecule has 0 fully saturated rings. The van der Waals surface area contributed by atoms with Crippen LogP contribution in [0.2, 0.25) is 0 Å². The molecular weight excluding hydrogens is 445 g/mol. The van der Waals surface area contributed by atoms with Crippen molar-refractivity contribution in [3.63, 3.8) is 0 Å². The van der Waals surface area contributed by atoms with Crippen molar-refractivity contribution in [2.75, 3.05) is 28.2 Å². The van der Waals surface area contributed by atoms with Gasteiger partial charge < -0.3 is 10.2 Å². The van der Waals surface area contributed by atoms with Crippen molar-refractivity contribution in [2.24, 2.45) is 7.05 Å². The van der Waals surface area contributed by atoms with Crippen LogP contribution in [-0.4, -0.2) is 39.9 Å². The number of nitrogens with one attached hydrogen (secondary N) is 1. The minimum absolute atomic E-state index is 0.184. The summed E-state index contributed by atoms with van der Waals surface area (Å²) < 4.78 is 41.4. The molecule has 2 amide bonds. The van der Waals surface area contributed by atoms with Crippen molar-refractivity contribution in [3.8, 4) is 11.3 Å². The van der Waals surface area contributed by atoms with E-state index in [1.807, 2.05) is 19.9 Å². The molecule has 4 rings (SSSR count). The summed E-state index contributed by atoms with van der Waals surface area (Å²) in [4.78, 5) is 21.9. The van der Waals surface area contributed by atoms with Crippen molar-refractivity contribution in [2.45, 2.75) is 39.4 Å². The number of hydrogen-bond acceptors (Lipinski definition) is 4. The molecule has 34 heavy (non-hydrogen) atoms. The molecule has 3 heterocycles. The number of pyridine rings is 1. The first kappa shape index (κ1) is 23.6. The number of fused-ring (bicyclic) bond motifs is 1. The number of anilines is 3. The van der Waals surface area contributed by atoms with Crippen LogP contribution in [0.15, 0.2) is 42.6 Å². The van der Waals surface area contributed by atoms with Gasteiger partial charge in [0.1, 0.15) is 0 Å². The van der Waals surface area contributed by atoms with Gasteiger partial charge in [0, 0.05) is 37.9 Å². The number of nitrogens with zero attached hydrogens (tertiary/aromatic N) is 5. The molecule has 1 aliphatic rings. The zero-order valence-corrected chi connectivity index (χ0v) is 19.5. The Labute approximate surface area is 196 Å². The number of aryl methyl sites for hydroxylation is 2. The molecule has 0 unspecified atom stereocenters. The van der Waals surface area contributed by atoms with E-state index in [-0.39, 0.29) is 12.1 Å². The topological polar surface area (TPSA) is 66.3 Å². The van der Waals surface area contributed by atoms with Crippen molar-refractivity contribution < 1.29 is 18.0 Å². The molecule has 0 saturated carbocycles. The smallest absolute Gasteiger partial charge is 0.369 e. The van der Waals surface area contributed by atoms with E-state index in [0.29, 0.717) is 41.4 Å². The fourth-order valence-electron chi connectivity index (χ4n) is 4.20. The van der Waals surface area contributed by atoms with Gasteiger partial charge in [-0.15, -0.1) is 0 Å². The Kier molecular flexibility index (Phi) is 6.24. The van der Waals surface area contributed by atoms with Crippen LogP contribution in [0.1, 0.15) is 31.5 Å². The molecule has 1 N–H and O–H groups in total. The number of benzene rings is 1. The van der Waals surface area contributed by atoms with E-state index in [1.54, 1.807) is 41.9 Å². The molecule has 2 aromatic heterocycles. The van der Waals surface area contributed by atoms with Gasteiger partial charge in [-0.3, -0.25) is 9.58 Å². The highest BCUT2D eigenvalue weighted by Gasteiger charge is 2.33. The van der Waals surface area contributed by atoms with Crippen LogP contribution in [0.4, 0.5) is 35.2 Å². The first-order valence-corrected chi connectivity index (χ1v) is 11.1. The summed E-state index contributed by atoms with van der Waals surface area (Å²) in [6.45, 7) is 7.20. The van der Waals surface area contributed by atoms with E-state index < -0.39 is 11.7 Å². The molecule has 0 bridgehead atoms. The summed E-state index contributed by atoms with van der Waals surface area (Å²) in [6.07, 6.45) is -2.02. The van der Waals surface area contributed by atoms with E-state index in [9.17, 15) is 18.0 Å². The zero-order chi connectivity index (χ0) is 24.6.